The van der Waals surface area contributed by atoms with Crippen LogP contribution < -0.4 is 14.8 Å². The second kappa shape index (κ2) is 8.94. The Morgan fingerprint density at radius 2 is 1.80 bits per heavy atom. The van der Waals surface area contributed by atoms with Gasteiger partial charge in [0.25, 0.3) is 0 Å². The number of morpholine rings is 1. The van der Waals surface area contributed by atoms with Gasteiger partial charge in [-0.1, -0.05) is 36.4 Å². The number of anilines is 1. The van der Waals surface area contributed by atoms with Gasteiger partial charge >= 0.3 is 0 Å². The predicted molar refractivity (Wildman–Crippen MR) is 120 cm³/mol. The number of rotatable bonds is 7. The minimum absolute atomic E-state index is 0.540. The van der Waals surface area contributed by atoms with Gasteiger partial charge in [0.15, 0.2) is 6.73 Å². The Bertz CT molecular complexity index is 1010. The van der Waals surface area contributed by atoms with Gasteiger partial charge in [-0.15, -0.1) is 0 Å². The molecule has 0 unspecified atom stereocenters. The molecule has 0 amide bonds. The number of hydrogen-bond acceptors (Lipinski definition) is 5. The number of unbranched alkanes of at least 4 members (excludes halogenated alkanes) is 1. The first-order chi connectivity index (χ1) is 14.9. The van der Waals surface area contributed by atoms with E-state index in [1.165, 1.54) is 10.9 Å². The Kier molecular flexibility index (Phi) is 5.73. The molecule has 156 valence electrons. The van der Waals surface area contributed by atoms with Crippen LogP contribution in [0.4, 0.5) is 5.69 Å². The van der Waals surface area contributed by atoms with Crippen LogP contribution in [0.15, 0.2) is 54.6 Å². The molecule has 5 heteroatoms. The summed E-state index contributed by atoms with van der Waals surface area (Å²) >= 11 is 0. The number of nitrogens with zero attached hydrogens (tertiary/aromatic N) is 1. The minimum Gasteiger partial charge on any atom is -0.493 e. The van der Waals surface area contributed by atoms with Gasteiger partial charge in [-0.3, -0.25) is 4.90 Å². The largest absolute Gasteiger partial charge is 0.493 e. The Morgan fingerprint density at radius 1 is 0.933 bits per heavy atom. The van der Waals surface area contributed by atoms with E-state index in [1.54, 1.807) is 0 Å². The lowest BCUT2D eigenvalue weighted by atomic mass is 9.97. The maximum absolute atomic E-state index is 6.20. The molecule has 5 nitrogen and oxygen atoms in total. The second-order valence-electron chi connectivity index (χ2n) is 7.84. The van der Waals surface area contributed by atoms with Crippen molar-refractivity contribution in [2.24, 2.45) is 0 Å². The lowest BCUT2D eigenvalue weighted by Crippen LogP contribution is -2.36. The molecular weight excluding hydrogens is 376 g/mol. The molecule has 0 aliphatic carbocycles. The van der Waals surface area contributed by atoms with Crippen molar-refractivity contribution >= 4 is 16.5 Å². The summed E-state index contributed by atoms with van der Waals surface area (Å²) in [6, 6.07) is 19.1. The monoisotopic (exact) mass is 404 g/mol. The van der Waals surface area contributed by atoms with Crippen molar-refractivity contribution in [3.8, 4) is 22.6 Å². The fraction of sp³-hybridized carbons (Fsp3) is 0.360. The van der Waals surface area contributed by atoms with Gasteiger partial charge in [0.05, 0.1) is 25.5 Å². The highest BCUT2D eigenvalue weighted by atomic mass is 16.5. The zero-order valence-electron chi connectivity index (χ0n) is 17.2. The van der Waals surface area contributed by atoms with Crippen LogP contribution in [-0.4, -0.2) is 51.1 Å². The van der Waals surface area contributed by atoms with Crippen LogP contribution in [0.1, 0.15) is 12.8 Å². The van der Waals surface area contributed by atoms with Crippen molar-refractivity contribution in [2.45, 2.75) is 12.8 Å². The average Bonchev–Trinajstić information content (AvgIpc) is 3.27. The molecule has 1 N–H and O–H groups in total. The van der Waals surface area contributed by atoms with E-state index in [9.17, 15) is 0 Å². The van der Waals surface area contributed by atoms with Crippen molar-refractivity contribution in [3.05, 3.63) is 54.6 Å². The highest BCUT2D eigenvalue weighted by Crippen LogP contribution is 2.38. The minimum atomic E-state index is 0.540. The third-order valence-corrected chi connectivity index (χ3v) is 5.90. The molecule has 30 heavy (non-hydrogen) atoms. The van der Waals surface area contributed by atoms with E-state index in [1.807, 2.05) is 0 Å². The predicted octanol–water partition coefficient (Wildman–Crippen LogP) is 4.76. The lowest BCUT2D eigenvalue weighted by Gasteiger charge is -2.26. The standard InChI is InChI=1S/C25H28N2O3/c1-2-6-22-21(5-1)20(19-7-9-23-25(17-19)30-18-26-23)8-10-24(22)29-14-4-3-11-27-12-15-28-16-13-27/h1-2,5-10,17,26H,3-4,11-16,18H2. The van der Waals surface area contributed by atoms with Crippen LogP contribution >= 0.6 is 0 Å². The molecule has 3 aromatic carbocycles. The molecule has 3 aromatic rings. The Hall–Kier alpha value is -2.76. The fourth-order valence-corrected chi connectivity index (χ4v) is 4.24. The van der Waals surface area contributed by atoms with Gasteiger partial charge in [0, 0.05) is 18.5 Å². The van der Waals surface area contributed by atoms with Gasteiger partial charge in [-0.05, 0) is 54.1 Å². The SMILES string of the molecule is c1ccc2c(-c3ccc4c(c3)OCN4)ccc(OCCCCN3CCOCC3)c2c1. The van der Waals surface area contributed by atoms with Crippen LogP contribution in [0.5, 0.6) is 11.5 Å². The first kappa shape index (κ1) is 19.2. The van der Waals surface area contributed by atoms with E-state index in [0.29, 0.717) is 6.73 Å². The molecule has 0 radical (unpaired) electrons. The van der Waals surface area contributed by atoms with Crippen molar-refractivity contribution < 1.29 is 14.2 Å². The number of fused-ring (bicyclic) bond motifs is 2. The van der Waals surface area contributed by atoms with Crippen molar-refractivity contribution in [1.29, 1.82) is 0 Å². The highest BCUT2D eigenvalue weighted by Gasteiger charge is 2.14. The van der Waals surface area contributed by atoms with Crippen LogP contribution in [0, 0.1) is 0 Å². The Balaban J connectivity index is 1.28. The molecule has 0 aromatic heterocycles. The number of hydrogen-bond donors (Lipinski definition) is 1. The fourth-order valence-electron chi connectivity index (χ4n) is 4.24. The maximum atomic E-state index is 6.20. The summed E-state index contributed by atoms with van der Waals surface area (Å²) in [4.78, 5) is 2.48. The normalized spacial score (nSPS) is 16.1. The third-order valence-electron chi connectivity index (χ3n) is 5.90. The Morgan fingerprint density at radius 3 is 2.70 bits per heavy atom. The topological polar surface area (TPSA) is 43.0 Å². The molecule has 5 rings (SSSR count). The van der Waals surface area contributed by atoms with E-state index in [-0.39, 0.29) is 0 Å². The molecule has 2 heterocycles. The molecule has 0 spiro atoms. The van der Waals surface area contributed by atoms with Crippen LogP contribution in [-0.2, 0) is 4.74 Å². The van der Waals surface area contributed by atoms with Gasteiger partial charge in [0.1, 0.15) is 11.5 Å². The Labute approximate surface area is 177 Å². The zero-order valence-corrected chi connectivity index (χ0v) is 17.2. The summed E-state index contributed by atoms with van der Waals surface area (Å²) in [6.07, 6.45) is 2.21. The summed E-state index contributed by atoms with van der Waals surface area (Å²) in [6.45, 7) is 6.24. The highest BCUT2D eigenvalue weighted by molar-refractivity contribution is 6.00. The molecule has 0 atom stereocenters. The maximum Gasteiger partial charge on any atom is 0.159 e. The summed E-state index contributed by atoms with van der Waals surface area (Å²) in [5.74, 6) is 1.87. The van der Waals surface area contributed by atoms with E-state index >= 15 is 0 Å². The molecular formula is C25H28N2O3. The van der Waals surface area contributed by atoms with Crippen molar-refractivity contribution in [3.63, 3.8) is 0 Å². The average molecular weight is 405 g/mol. The summed E-state index contributed by atoms with van der Waals surface area (Å²) in [7, 11) is 0. The molecule has 0 bridgehead atoms. The first-order valence-corrected chi connectivity index (χ1v) is 10.8. The first-order valence-electron chi connectivity index (χ1n) is 10.8. The van der Waals surface area contributed by atoms with Gasteiger partial charge in [-0.25, -0.2) is 0 Å². The van der Waals surface area contributed by atoms with Gasteiger partial charge in [0.2, 0.25) is 0 Å². The van der Waals surface area contributed by atoms with Crippen molar-refractivity contribution in [2.75, 3.05) is 51.5 Å². The van der Waals surface area contributed by atoms with E-state index in [4.69, 9.17) is 14.2 Å². The van der Waals surface area contributed by atoms with Crippen LogP contribution in [0.3, 0.4) is 0 Å². The summed E-state index contributed by atoms with van der Waals surface area (Å²) in [5.41, 5.74) is 3.41. The molecule has 2 aliphatic rings. The number of benzene rings is 3. The number of ether oxygens (including phenoxy) is 3. The third kappa shape index (κ3) is 4.09. The molecule has 1 fully saturated rings. The van der Waals surface area contributed by atoms with Crippen molar-refractivity contribution in [1.82, 2.24) is 4.90 Å². The van der Waals surface area contributed by atoms with E-state index in [0.717, 1.165) is 80.4 Å². The van der Waals surface area contributed by atoms with E-state index < -0.39 is 0 Å². The molecule has 1 saturated heterocycles. The van der Waals surface area contributed by atoms with Crippen LogP contribution in [0.2, 0.25) is 0 Å². The van der Waals surface area contributed by atoms with E-state index in [2.05, 4.69) is 64.8 Å². The lowest BCUT2D eigenvalue weighted by molar-refractivity contribution is 0.0368. The summed E-state index contributed by atoms with van der Waals surface area (Å²) in [5, 5.41) is 5.59. The zero-order chi connectivity index (χ0) is 20.2. The van der Waals surface area contributed by atoms with Gasteiger partial charge in [-0.2, -0.15) is 0 Å². The summed E-state index contributed by atoms with van der Waals surface area (Å²) < 4.78 is 17.3. The smallest absolute Gasteiger partial charge is 0.159 e. The van der Waals surface area contributed by atoms with Crippen LogP contribution in [0.25, 0.3) is 21.9 Å². The molecule has 0 saturated carbocycles. The quantitative estimate of drug-likeness (QED) is 0.575. The second-order valence-corrected chi connectivity index (χ2v) is 7.84. The molecule has 2 aliphatic heterocycles. The van der Waals surface area contributed by atoms with Gasteiger partial charge < -0.3 is 19.5 Å². The number of nitrogens with one attached hydrogen (secondary N) is 1.